The number of halogens is 3. The largest absolute Gasteiger partial charge is 0.482 e. The van der Waals surface area contributed by atoms with E-state index in [4.69, 9.17) is 27.9 Å². The van der Waals surface area contributed by atoms with Crippen LogP contribution in [0.1, 0.15) is 38.2 Å². The zero-order valence-corrected chi connectivity index (χ0v) is 20.3. The van der Waals surface area contributed by atoms with Crippen LogP contribution in [0.15, 0.2) is 46.9 Å². The topological polar surface area (TPSA) is 58.6 Å². The molecule has 31 heavy (non-hydrogen) atoms. The molecule has 1 aliphatic carbocycles. The van der Waals surface area contributed by atoms with Gasteiger partial charge in [0.2, 0.25) is 5.91 Å². The van der Waals surface area contributed by atoms with Gasteiger partial charge < -0.3 is 15.0 Å². The Hall–Kier alpha value is -1.76. The lowest BCUT2D eigenvalue weighted by Gasteiger charge is -2.29. The van der Waals surface area contributed by atoms with E-state index >= 15 is 0 Å². The molecular formula is C23H25BrCl2N2O3. The van der Waals surface area contributed by atoms with E-state index in [0.717, 1.165) is 35.7 Å². The van der Waals surface area contributed by atoms with Crippen LogP contribution in [-0.2, 0) is 16.1 Å². The second-order valence-electron chi connectivity index (χ2n) is 7.68. The third-order valence-corrected chi connectivity index (χ3v) is 6.38. The molecule has 166 valence electrons. The van der Waals surface area contributed by atoms with E-state index in [0.29, 0.717) is 15.8 Å². The Kier molecular flexibility index (Phi) is 8.64. The molecule has 1 fully saturated rings. The van der Waals surface area contributed by atoms with Crippen molar-refractivity contribution in [1.82, 2.24) is 10.2 Å². The van der Waals surface area contributed by atoms with Crippen molar-refractivity contribution in [3.63, 3.8) is 0 Å². The summed E-state index contributed by atoms with van der Waals surface area (Å²) in [6.45, 7) is 1.79. The molecule has 2 aromatic rings. The normalized spacial score (nSPS) is 14.8. The second-order valence-corrected chi connectivity index (χ2v) is 9.44. The summed E-state index contributed by atoms with van der Waals surface area (Å²) < 4.78 is 6.54. The summed E-state index contributed by atoms with van der Waals surface area (Å²) >= 11 is 15.5. The van der Waals surface area contributed by atoms with Crippen molar-refractivity contribution < 1.29 is 14.3 Å². The first-order chi connectivity index (χ1) is 14.8. The molecule has 0 aromatic heterocycles. The van der Waals surface area contributed by atoms with E-state index in [1.807, 2.05) is 24.3 Å². The number of amides is 2. The highest BCUT2D eigenvalue weighted by Gasteiger charge is 2.29. The molecule has 1 atom stereocenters. The van der Waals surface area contributed by atoms with Crippen LogP contribution in [0, 0.1) is 0 Å². The first kappa shape index (κ1) is 23.9. The minimum Gasteiger partial charge on any atom is -0.482 e. The van der Waals surface area contributed by atoms with Crippen LogP contribution in [0.4, 0.5) is 0 Å². The molecule has 8 heteroatoms. The molecule has 0 spiro atoms. The summed E-state index contributed by atoms with van der Waals surface area (Å²) in [6, 6.07) is 12.0. The fourth-order valence-corrected chi connectivity index (χ4v) is 4.53. The van der Waals surface area contributed by atoms with Crippen LogP contribution in [0.3, 0.4) is 0 Å². The molecule has 0 saturated heterocycles. The molecule has 0 bridgehead atoms. The van der Waals surface area contributed by atoms with Gasteiger partial charge in [-0.2, -0.15) is 0 Å². The quantitative estimate of drug-likeness (QED) is 0.485. The van der Waals surface area contributed by atoms with Gasteiger partial charge in [-0.05, 0) is 55.7 Å². The maximum Gasteiger partial charge on any atom is 0.261 e. The lowest BCUT2D eigenvalue weighted by atomic mass is 10.1. The van der Waals surface area contributed by atoms with Crippen molar-refractivity contribution in [3.8, 4) is 5.75 Å². The third-order valence-electron chi connectivity index (χ3n) is 5.36. The van der Waals surface area contributed by atoms with Gasteiger partial charge in [0.05, 0.1) is 5.02 Å². The van der Waals surface area contributed by atoms with Crippen LogP contribution in [0.25, 0.3) is 0 Å². The molecule has 3 rings (SSSR count). The predicted octanol–water partition coefficient (Wildman–Crippen LogP) is 5.61. The molecule has 2 amide bonds. The van der Waals surface area contributed by atoms with E-state index in [2.05, 4.69) is 21.2 Å². The van der Waals surface area contributed by atoms with Crippen molar-refractivity contribution in [2.75, 3.05) is 6.61 Å². The number of rotatable bonds is 8. The number of carbonyl (C=O) groups is 2. The van der Waals surface area contributed by atoms with Gasteiger partial charge in [0.1, 0.15) is 11.8 Å². The Morgan fingerprint density at radius 3 is 2.61 bits per heavy atom. The zero-order chi connectivity index (χ0) is 22.4. The maximum absolute atomic E-state index is 13.1. The van der Waals surface area contributed by atoms with Gasteiger partial charge in [0.25, 0.3) is 5.91 Å². The smallest absolute Gasteiger partial charge is 0.261 e. The standard InChI is InChI=1S/C23H25BrCl2N2O3/c1-15(23(30)27-19-7-2-3-8-19)28(13-16-5-4-6-17(24)11-16)22(29)14-31-21-10-9-18(25)12-20(21)26/h4-6,9-12,15,19H,2-3,7-8,13-14H2,1H3,(H,27,30). The third kappa shape index (κ3) is 6.86. The fourth-order valence-electron chi connectivity index (χ4n) is 3.62. The van der Waals surface area contributed by atoms with Crippen LogP contribution in [0.2, 0.25) is 10.0 Å². The van der Waals surface area contributed by atoms with E-state index in [1.165, 1.54) is 4.90 Å². The van der Waals surface area contributed by atoms with E-state index in [1.54, 1.807) is 25.1 Å². The van der Waals surface area contributed by atoms with Crippen molar-refractivity contribution in [2.45, 2.75) is 51.2 Å². The highest BCUT2D eigenvalue weighted by atomic mass is 79.9. The molecule has 2 aromatic carbocycles. The van der Waals surface area contributed by atoms with Crippen molar-refractivity contribution in [2.24, 2.45) is 0 Å². The Balaban J connectivity index is 1.73. The molecule has 1 saturated carbocycles. The number of carbonyl (C=O) groups excluding carboxylic acids is 2. The summed E-state index contributed by atoms with van der Waals surface area (Å²) in [5.74, 6) is -0.0929. The van der Waals surface area contributed by atoms with E-state index < -0.39 is 6.04 Å². The highest BCUT2D eigenvalue weighted by Crippen LogP contribution is 2.27. The van der Waals surface area contributed by atoms with Gasteiger partial charge in [-0.15, -0.1) is 0 Å². The lowest BCUT2D eigenvalue weighted by Crippen LogP contribution is -2.50. The molecule has 0 heterocycles. The number of nitrogens with one attached hydrogen (secondary N) is 1. The Morgan fingerprint density at radius 2 is 1.94 bits per heavy atom. The van der Waals surface area contributed by atoms with Crippen molar-refractivity contribution >= 4 is 50.9 Å². The van der Waals surface area contributed by atoms with Gasteiger partial charge >= 0.3 is 0 Å². The average Bonchev–Trinajstić information content (AvgIpc) is 3.23. The Morgan fingerprint density at radius 1 is 1.19 bits per heavy atom. The number of benzene rings is 2. The SMILES string of the molecule is CC(C(=O)NC1CCCC1)N(Cc1cccc(Br)c1)C(=O)COc1ccc(Cl)cc1Cl. The van der Waals surface area contributed by atoms with Crippen LogP contribution in [0.5, 0.6) is 5.75 Å². The molecular weight excluding hydrogens is 503 g/mol. The average molecular weight is 528 g/mol. The van der Waals surface area contributed by atoms with E-state index in [9.17, 15) is 9.59 Å². The summed E-state index contributed by atoms with van der Waals surface area (Å²) in [4.78, 5) is 27.5. The molecule has 1 aliphatic rings. The summed E-state index contributed by atoms with van der Waals surface area (Å²) in [7, 11) is 0. The van der Waals surface area contributed by atoms with Gasteiger partial charge in [-0.25, -0.2) is 0 Å². The van der Waals surface area contributed by atoms with Crippen molar-refractivity contribution in [3.05, 3.63) is 62.5 Å². The summed E-state index contributed by atoms with van der Waals surface area (Å²) in [5.41, 5.74) is 0.910. The van der Waals surface area contributed by atoms with Crippen LogP contribution < -0.4 is 10.1 Å². The molecule has 5 nitrogen and oxygen atoms in total. The van der Waals surface area contributed by atoms with Gasteiger partial charge in [0, 0.05) is 22.1 Å². The summed E-state index contributed by atoms with van der Waals surface area (Å²) in [5, 5.41) is 3.89. The van der Waals surface area contributed by atoms with Crippen LogP contribution in [-0.4, -0.2) is 35.4 Å². The predicted molar refractivity (Wildman–Crippen MR) is 127 cm³/mol. The Bertz CT molecular complexity index is 935. The first-order valence-corrected chi connectivity index (χ1v) is 11.8. The number of hydrogen-bond donors (Lipinski definition) is 1. The zero-order valence-electron chi connectivity index (χ0n) is 17.2. The Labute approximate surface area is 201 Å². The fraction of sp³-hybridized carbons (Fsp3) is 0.391. The molecule has 1 unspecified atom stereocenters. The molecule has 0 aliphatic heterocycles. The van der Waals surface area contributed by atoms with E-state index in [-0.39, 0.29) is 31.0 Å². The molecule has 1 N–H and O–H groups in total. The van der Waals surface area contributed by atoms with Crippen molar-refractivity contribution in [1.29, 1.82) is 0 Å². The van der Waals surface area contributed by atoms with Gasteiger partial charge in [0.15, 0.2) is 6.61 Å². The highest BCUT2D eigenvalue weighted by molar-refractivity contribution is 9.10. The number of nitrogens with zero attached hydrogens (tertiary/aromatic N) is 1. The van der Waals surface area contributed by atoms with Gasteiger partial charge in [-0.1, -0.05) is 64.1 Å². The number of ether oxygens (including phenoxy) is 1. The minimum atomic E-state index is -0.642. The van der Waals surface area contributed by atoms with Gasteiger partial charge in [-0.3, -0.25) is 9.59 Å². The first-order valence-electron chi connectivity index (χ1n) is 10.3. The molecule has 0 radical (unpaired) electrons. The minimum absolute atomic E-state index is 0.153. The monoisotopic (exact) mass is 526 g/mol. The second kappa shape index (κ2) is 11.2. The summed E-state index contributed by atoms with van der Waals surface area (Å²) in [6.07, 6.45) is 4.21. The number of hydrogen-bond acceptors (Lipinski definition) is 3. The lowest BCUT2D eigenvalue weighted by molar-refractivity contribution is -0.142. The van der Waals surface area contributed by atoms with Crippen LogP contribution >= 0.6 is 39.1 Å². The maximum atomic E-state index is 13.1.